The lowest BCUT2D eigenvalue weighted by Crippen LogP contribution is -2.16. The van der Waals surface area contributed by atoms with Gasteiger partial charge in [0.2, 0.25) is 0 Å². The Morgan fingerprint density at radius 1 is 1.11 bits per heavy atom. The molecule has 0 spiro atoms. The van der Waals surface area contributed by atoms with Crippen LogP contribution < -0.4 is 0 Å². The molecule has 0 rings (SSSR count). The molecular weight excluding hydrogens is 390 g/mol. The van der Waals surface area contributed by atoms with E-state index in [1.807, 2.05) is 6.92 Å². The van der Waals surface area contributed by atoms with Gasteiger partial charge in [-0.05, 0) is 12.5 Å². The van der Waals surface area contributed by atoms with Crippen LogP contribution >= 0.6 is 49.2 Å². The molecule has 0 saturated heterocycles. The molecule has 0 aliphatic carbocycles. The SMILES string of the molecule is CC(CBr)C(=O)OCCCCCCCC[Si](Cl)(Cl)Cl. The molecule has 7 heteroatoms. The number of carbonyl (C=O) groups excluding carboxylic acids is 1. The number of carbonyl (C=O) groups is 1. The maximum absolute atomic E-state index is 11.4. The Morgan fingerprint density at radius 3 is 2.16 bits per heavy atom. The van der Waals surface area contributed by atoms with Crippen molar-refractivity contribution in [1.29, 1.82) is 0 Å². The van der Waals surface area contributed by atoms with E-state index in [2.05, 4.69) is 15.9 Å². The van der Waals surface area contributed by atoms with Crippen LogP contribution in [0, 0.1) is 5.92 Å². The summed E-state index contributed by atoms with van der Waals surface area (Å²) in [5, 5.41) is 0.651. The third-order valence-corrected chi connectivity index (χ3v) is 6.33. The van der Waals surface area contributed by atoms with Gasteiger partial charge < -0.3 is 4.74 Å². The second-order valence-corrected chi connectivity index (χ2v) is 14.6. The first-order valence-electron chi connectivity index (χ1n) is 6.66. The van der Waals surface area contributed by atoms with Gasteiger partial charge in [0, 0.05) is 5.33 Å². The molecule has 114 valence electrons. The molecule has 1 atom stereocenters. The molecule has 19 heavy (non-hydrogen) atoms. The summed E-state index contributed by atoms with van der Waals surface area (Å²) in [7, 11) is 0. The zero-order valence-corrected chi connectivity index (χ0v) is 16.1. The molecular formula is C12H22BrCl3O2Si. The number of hydrogen-bond acceptors (Lipinski definition) is 2. The standard InChI is InChI=1S/C12H22BrCl3O2Si/c1-11(10-13)12(17)18-8-6-4-2-3-5-7-9-19(14,15)16/h11H,2-10H2,1H3. The van der Waals surface area contributed by atoms with E-state index in [4.69, 9.17) is 38.0 Å². The van der Waals surface area contributed by atoms with E-state index in [0.29, 0.717) is 11.9 Å². The fourth-order valence-corrected chi connectivity index (χ4v) is 3.63. The van der Waals surface area contributed by atoms with Crippen molar-refractivity contribution < 1.29 is 9.53 Å². The monoisotopic (exact) mass is 410 g/mol. The van der Waals surface area contributed by atoms with Gasteiger partial charge in [-0.25, -0.2) is 0 Å². The molecule has 0 aromatic rings. The topological polar surface area (TPSA) is 26.3 Å². The van der Waals surface area contributed by atoms with Crippen LogP contribution in [-0.4, -0.2) is 23.9 Å². The number of hydrogen-bond donors (Lipinski definition) is 0. The van der Waals surface area contributed by atoms with E-state index < -0.39 is 6.00 Å². The Morgan fingerprint density at radius 2 is 1.63 bits per heavy atom. The Labute approximate surface area is 139 Å². The van der Waals surface area contributed by atoms with Gasteiger partial charge in [0.05, 0.1) is 12.5 Å². The molecule has 0 aromatic carbocycles. The van der Waals surface area contributed by atoms with Crippen molar-refractivity contribution in [3.63, 3.8) is 0 Å². The summed E-state index contributed by atoms with van der Waals surface area (Å²) in [5.74, 6) is -0.185. The predicted molar refractivity (Wildman–Crippen MR) is 89.7 cm³/mol. The molecule has 0 aliphatic heterocycles. The first kappa shape index (κ1) is 20.0. The summed E-state index contributed by atoms with van der Waals surface area (Å²) in [6.45, 7) is 2.38. The highest BCUT2D eigenvalue weighted by Crippen LogP contribution is 2.27. The maximum Gasteiger partial charge on any atom is 0.341 e. The molecule has 0 radical (unpaired) electrons. The second-order valence-electron chi connectivity index (χ2n) is 4.71. The van der Waals surface area contributed by atoms with Crippen LogP contribution in [0.25, 0.3) is 0 Å². The van der Waals surface area contributed by atoms with Crippen molar-refractivity contribution in [3.05, 3.63) is 0 Å². The zero-order valence-electron chi connectivity index (χ0n) is 11.3. The molecule has 0 saturated carbocycles. The van der Waals surface area contributed by atoms with Gasteiger partial charge in [-0.3, -0.25) is 4.79 Å². The summed E-state index contributed by atoms with van der Waals surface area (Å²) < 4.78 is 5.15. The highest BCUT2D eigenvalue weighted by atomic mass is 79.9. The number of unbranched alkanes of at least 4 members (excludes halogenated alkanes) is 5. The average Bonchev–Trinajstić information content (AvgIpc) is 2.34. The summed E-state index contributed by atoms with van der Waals surface area (Å²) in [6, 6.07) is -1.66. The number of esters is 1. The van der Waals surface area contributed by atoms with Crippen molar-refractivity contribution in [2.24, 2.45) is 5.92 Å². The van der Waals surface area contributed by atoms with Crippen molar-refractivity contribution in [1.82, 2.24) is 0 Å². The second kappa shape index (κ2) is 11.7. The Hall–Kier alpha value is 1.04. The smallest absolute Gasteiger partial charge is 0.341 e. The third kappa shape index (κ3) is 13.8. The van der Waals surface area contributed by atoms with Gasteiger partial charge in [-0.2, -0.15) is 0 Å². The average molecular weight is 413 g/mol. The first-order valence-corrected chi connectivity index (χ1v) is 13.0. The minimum absolute atomic E-state index is 0.0638. The molecule has 0 N–H and O–H groups in total. The van der Waals surface area contributed by atoms with Gasteiger partial charge in [0.1, 0.15) is 0 Å². The van der Waals surface area contributed by atoms with E-state index in [0.717, 1.165) is 44.6 Å². The lowest BCUT2D eigenvalue weighted by molar-refractivity contribution is -0.147. The third-order valence-electron chi connectivity index (χ3n) is 2.73. The lowest BCUT2D eigenvalue weighted by atomic mass is 10.1. The van der Waals surface area contributed by atoms with Crippen LogP contribution in [0.15, 0.2) is 0 Å². The van der Waals surface area contributed by atoms with Crippen LogP contribution in [0.4, 0.5) is 0 Å². The van der Waals surface area contributed by atoms with Crippen LogP contribution in [0.5, 0.6) is 0 Å². The van der Waals surface area contributed by atoms with E-state index >= 15 is 0 Å². The quantitative estimate of drug-likeness (QED) is 0.146. The van der Waals surface area contributed by atoms with Crippen molar-refractivity contribution in [2.75, 3.05) is 11.9 Å². The largest absolute Gasteiger partial charge is 0.465 e. The van der Waals surface area contributed by atoms with Gasteiger partial charge in [-0.1, -0.05) is 55.0 Å². The van der Waals surface area contributed by atoms with Crippen molar-refractivity contribution in [2.45, 2.75) is 51.5 Å². The summed E-state index contributed by atoms with van der Waals surface area (Å²) in [5.41, 5.74) is 0. The van der Waals surface area contributed by atoms with Crippen LogP contribution in [0.2, 0.25) is 6.04 Å². The minimum atomic E-state index is -2.41. The molecule has 1 unspecified atom stereocenters. The van der Waals surface area contributed by atoms with Crippen LogP contribution in [0.3, 0.4) is 0 Å². The number of rotatable bonds is 11. The number of alkyl halides is 1. The maximum atomic E-state index is 11.4. The summed E-state index contributed by atoms with van der Waals surface area (Å²) in [6.07, 6.45) is 6.43. The van der Waals surface area contributed by atoms with E-state index in [1.54, 1.807) is 0 Å². The molecule has 0 aliphatic rings. The van der Waals surface area contributed by atoms with Crippen LogP contribution in [0.1, 0.15) is 45.4 Å². The van der Waals surface area contributed by atoms with E-state index in [9.17, 15) is 4.79 Å². The molecule has 0 aromatic heterocycles. The molecule has 0 fully saturated rings. The summed E-state index contributed by atoms with van der Waals surface area (Å²) in [4.78, 5) is 11.4. The van der Waals surface area contributed by atoms with Gasteiger partial charge in [0.25, 0.3) is 0 Å². The van der Waals surface area contributed by atoms with Crippen molar-refractivity contribution >= 4 is 61.1 Å². The predicted octanol–water partition coefficient (Wildman–Crippen LogP) is 5.56. The summed E-state index contributed by atoms with van der Waals surface area (Å²) >= 11 is 20.7. The highest BCUT2D eigenvalue weighted by Gasteiger charge is 2.23. The van der Waals surface area contributed by atoms with Crippen molar-refractivity contribution in [3.8, 4) is 0 Å². The zero-order chi connectivity index (χ0) is 14.7. The Kier molecular flexibility index (Phi) is 12.3. The molecule has 2 nitrogen and oxygen atoms in total. The van der Waals surface area contributed by atoms with E-state index in [-0.39, 0.29) is 11.9 Å². The fourth-order valence-electron chi connectivity index (χ4n) is 1.51. The highest BCUT2D eigenvalue weighted by molar-refractivity contribution is 9.09. The Bertz CT molecular complexity index is 250. The van der Waals surface area contributed by atoms with Gasteiger partial charge >= 0.3 is 12.0 Å². The van der Waals surface area contributed by atoms with E-state index in [1.165, 1.54) is 0 Å². The molecule has 0 heterocycles. The minimum Gasteiger partial charge on any atom is -0.465 e. The van der Waals surface area contributed by atoms with Crippen LogP contribution in [-0.2, 0) is 9.53 Å². The normalized spacial score (nSPS) is 13.3. The fraction of sp³-hybridized carbons (Fsp3) is 0.917. The number of ether oxygens (including phenoxy) is 1. The number of halogens is 4. The molecule has 0 amide bonds. The molecule has 0 bridgehead atoms. The Balaban J connectivity index is 3.26. The van der Waals surface area contributed by atoms with Gasteiger partial charge in [0.15, 0.2) is 0 Å². The first-order chi connectivity index (χ1) is 8.87. The lowest BCUT2D eigenvalue weighted by Gasteiger charge is -2.09. The van der Waals surface area contributed by atoms with Gasteiger partial charge in [-0.15, -0.1) is 33.2 Å².